The van der Waals surface area contributed by atoms with Gasteiger partial charge in [-0.25, -0.2) is 4.98 Å². The first kappa shape index (κ1) is 10.8. The highest BCUT2D eigenvalue weighted by Crippen LogP contribution is 1.95. The highest BCUT2D eigenvalue weighted by Gasteiger charge is 2.03. The van der Waals surface area contributed by atoms with Gasteiger partial charge in [0.2, 0.25) is 0 Å². The molecule has 0 spiro atoms. The van der Waals surface area contributed by atoms with E-state index in [2.05, 4.69) is 27.3 Å². The van der Waals surface area contributed by atoms with Gasteiger partial charge in [0.25, 0.3) is 0 Å². The van der Waals surface area contributed by atoms with Crippen LogP contribution < -0.4 is 5.32 Å². The fraction of sp³-hybridized carbons (Fsp3) is 0.364. The third-order valence-corrected chi connectivity index (χ3v) is 2.29. The summed E-state index contributed by atoms with van der Waals surface area (Å²) in [5.74, 6) is 0. The van der Waals surface area contributed by atoms with Crippen LogP contribution in [0.25, 0.3) is 0 Å². The Morgan fingerprint density at radius 1 is 1.44 bits per heavy atom. The molecule has 0 aliphatic rings. The monoisotopic (exact) mass is 217 g/mol. The highest BCUT2D eigenvalue weighted by atomic mass is 15.3. The Labute approximate surface area is 94.5 Å². The molecule has 5 nitrogen and oxygen atoms in total. The zero-order chi connectivity index (χ0) is 11.2. The summed E-state index contributed by atoms with van der Waals surface area (Å²) in [7, 11) is 0. The van der Waals surface area contributed by atoms with Crippen molar-refractivity contribution in [3.05, 3.63) is 42.7 Å². The van der Waals surface area contributed by atoms with E-state index in [-0.39, 0.29) is 0 Å². The molecule has 84 valence electrons. The quantitative estimate of drug-likeness (QED) is 0.806. The summed E-state index contributed by atoms with van der Waals surface area (Å²) in [6.07, 6.45) is 5.07. The fourth-order valence-electron chi connectivity index (χ4n) is 1.45. The SMILES string of the molecule is C[C@@H](Cn1cncn1)NCc1ccccn1. The lowest BCUT2D eigenvalue weighted by molar-refractivity contribution is 0.448. The van der Waals surface area contributed by atoms with E-state index < -0.39 is 0 Å². The smallest absolute Gasteiger partial charge is 0.137 e. The van der Waals surface area contributed by atoms with Crippen molar-refractivity contribution < 1.29 is 0 Å². The Morgan fingerprint density at radius 3 is 3.06 bits per heavy atom. The van der Waals surface area contributed by atoms with Gasteiger partial charge in [0.15, 0.2) is 0 Å². The van der Waals surface area contributed by atoms with Gasteiger partial charge < -0.3 is 5.32 Å². The van der Waals surface area contributed by atoms with Crippen LogP contribution in [0, 0.1) is 0 Å². The molecule has 0 radical (unpaired) electrons. The summed E-state index contributed by atoms with van der Waals surface area (Å²) in [6, 6.07) is 6.26. The van der Waals surface area contributed by atoms with Crippen LogP contribution in [0.5, 0.6) is 0 Å². The molecule has 2 rings (SSSR count). The molecule has 1 atom stereocenters. The van der Waals surface area contributed by atoms with E-state index in [9.17, 15) is 0 Å². The van der Waals surface area contributed by atoms with E-state index in [1.54, 1.807) is 18.9 Å². The molecule has 2 aromatic rings. The van der Waals surface area contributed by atoms with Crippen LogP contribution >= 0.6 is 0 Å². The predicted octanol–water partition coefficient (Wildman–Crippen LogP) is 0.851. The van der Waals surface area contributed by atoms with E-state index >= 15 is 0 Å². The van der Waals surface area contributed by atoms with Crippen molar-refractivity contribution in [2.24, 2.45) is 0 Å². The van der Waals surface area contributed by atoms with Crippen LogP contribution in [0.15, 0.2) is 37.1 Å². The summed E-state index contributed by atoms with van der Waals surface area (Å²) in [5.41, 5.74) is 1.05. The molecule has 2 heterocycles. The van der Waals surface area contributed by atoms with Gasteiger partial charge in [-0.15, -0.1) is 0 Å². The lowest BCUT2D eigenvalue weighted by Gasteiger charge is -2.12. The standard InChI is InChI=1S/C11H15N5/c1-10(7-16-9-12-8-15-16)14-6-11-4-2-3-5-13-11/h2-5,8-10,14H,6-7H2,1H3/t10-/m0/s1. The second-order valence-electron chi connectivity index (χ2n) is 3.72. The molecule has 0 amide bonds. The van der Waals surface area contributed by atoms with E-state index in [1.807, 2.05) is 22.9 Å². The predicted molar refractivity (Wildman–Crippen MR) is 60.6 cm³/mol. The minimum atomic E-state index is 0.337. The second-order valence-corrected chi connectivity index (χ2v) is 3.72. The van der Waals surface area contributed by atoms with Crippen LogP contribution in [0.4, 0.5) is 0 Å². The van der Waals surface area contributed by atoms with Gasteiger partial charge in [-0.3, -0.25) is 9.67 Å². The van der Waals surface area contributed by atoms with Gasteiger partial charge in [-0.1, -0.05) is 6.07 Å². The van der Waals surface area contributed by atoms with Crippen molar-refractivity contribution >= 4 is 0 Å². The van der Waals surface area contributed by atoms with Gasteiger partial charge in [0, 0.05) is 18.8 Å². The van der Waals surface area contributed by atoms with Crippen molar-refractivity contribution in [3.8, 4) is 0 Å². The number of hydrogen-bond acceptors (Lipinski definition) is 4. The molecular weight excluding hydrogens is 202 g/mol. The number of nitrogens with zero attached hydrogens (tertiary/aromatic N) is 4. The summed E-state index contributed by atoms with van der Waals surface area (Å²) in [6.45, 7) is 3.70. The maximum Gasteiger partial charge on any atom is 0.137 e. The Balaban J connectivity index is 1.78. The number of hydrogen-bond donors (Lipinski definition) is 1. The van der Waals surface area contributed by atoms with Gasteiger partial charge >= 0.3 is 0 Å². The summed E-state index contributed by atoms with van der Waals surface area (Å²) in [4.78, 5) is 8.16. The zero-order valence-corrected chi connectivity index (χ0v) is 9.24. The maximum atomic E-state index is 4.25. The molecule has 5 heteroatoms. The van der Waals surface area contributed by atoms with Crippen molar-refractivity contribution in [1.82, 2.24) is 25.1 Å². The minimum Gasteiger partial charge on any atom is -0.307 e. The van der Waals surface area contributed by atoms with Crippen molar-refractivity contribution in [1.29, 1.82) is 0 Å². The van der Waals surface area contributed by atoms with Crippen LogP contribution in [-0.4, -0.2) is 25.8 Å². The molecule has 0 bridgehead atoms. The second kappa shape index (κ2) is 5.37. The molecule has 0 aromatic carbocycles. The number of pyridine rings is 1. The molecular formula is C11H15N5. The van der Waals surface area contributed by atoms with Crippen molar-refractivity contribution in [2.75, 3.05) is 0 Å². The minimum absolute atomic E-state index is 0.337. The van der Waals surface area contributed by atoms with E-state index in [4.69, 9.17) is 0 Å². The molecule has 0 aliphatic carbocycles. The Kier molecular flexibility index (Phi) is 3.61. The molecule has 0 saturated carbocycles. The lowest BCUT2D eigenvalue weighted by Crippen LogP contribution is -2.30. The van der Waals surface area contributed by atoms with Gasteiger partial charge in [-0.05, 0) is 19.1 Å². The third-order valence-electron chi connectivity index (χ3n) is 2.29. The number of aromatic nitrogens is 4. The first-order valence-corrected chi connectivity index (χ1v) is 5.30. The average molecular weight is 217 g/mol. The lowest BCUT2D eigenvalue weighted by atomic mass is 10.3. The molecule has 0 aliphatic heterocycles. The highest BCUT2D eigenvalue weighted by molar-refractivity contribution is 5.02. The Morgan fingerprint density at radius 2 is 2.38 bits per heavy atom. The fourth-order valence-corrected chi connectivity index (χ4v) is 1.45. The van der Waals surface area contributed by atoms with Crippen LogP contribution in [-0.2, 0) is 13.1 Å². The van der Waals surface area contributed by atoms with E-state index in [0.717, 1.165) is 18.8 Å². The number of nitrogens with one attached hydrogen (secondary N) is 1. The van der Waals surface area contributed by atoms with Crippen LogP contribution in [0.3, 0.4) is 0 Å². The molecule has 0 fully saturated rings. The average Bonchev–Trinajstić information content (AvgIpc) is 2.81. The normalized spacial score (nSPS) is 12.6. The summed E-state index contributed by atoms with van der Waals surface area (Å²) >= 11 is 0. The van der Waals surface area contributed by atoms with Crippen LogP contribution in [0.1, 0.15) is 12.6 Å². The maximum absolute atomic E-state index is 4.25. The summed E-state index contributed by atoms with van der Waals surface area (Å²) < 4.78 is 1.82. The zero-order valence-electron chi connectivity index (χ0n) is 9.24. The van der Waals surface area contributed by atoms with E-state index in [1.165, 1.54) is 0 Å². The molecule has 0 saturated heterocycles. The van der Waals surface area contributed by atoms with Crippen LogP contribution in [0.2, 0.25) is 0 Å². The van der Waals surface area contributed by atoms with Gasteiger partial charge in [-0.2, -0.15) is 5.10 Å². The molecule has 0 unspecified atom stereocenters. The van der Waals surface area contributed by atoms with Gasteiger partial charge in [0.05, 0.1) is 12.2 Å². The third kappa shape index (κ3) is 3.13. The first-order valence-electron chi connectivity index (χ1n) is 5.30. The summed E-state index contributed by atoms with van der Waals surface area (Å²) in [5, 5.41) is 7.45. The van der Waals surface area contributed by atoms with Crippen molar-refractivity contribution in [3.63, 3.8) is 0 Å². The molecule has 1 N–H and O–H groups in total. The topological polar surface area (TPSA) is 55.6 Å². The largest absolute Gasteiger partial charge is 0.307 e. The molecule has 2 aromatic heterocycles. The molecule has 16 heavy (non-hydrogen) atoms. The number of rotatable bonds is 5. The van der Waals surface area contributed by atoms with Gasteiger partial charge in [0.1, 0.15) is 12.7 Å². The Bertz CT molecular complexity index is 398. The van der Waals surface area contributed by atoms with E-state index in [0.29, 0.717) is 6.04 Å². The Hall–Kier alpha value is -1.75. The first-order chi connectivity index (χ1) is 7.84. The van der Waals surface area contributed by atoms with Crippen molar-refractivity contribution in [2.45, 2.75) is 26.1 Å².